The van der Waals surface area contributed by atoms with Gasteiger partial charge in [0.05, 0.1) is 0 Å². The Hall–Kier alpha value is -0.470. The first-order valence-electron chi connectivity index (χ1n) is 6.18. The lowest BCUT2D eigenvalue weighted by atomic mass is 9.85. The fourth-order valence-corrected chi connectivity index (χ4v) is 3.68. The topological polar surface area (TPSA) is 26.0 Å². The van der Waals surface area contributed by atoms with Crippen LogP contribution in [0.15, 0.2) is 24.3 Å². The van der Waals surface area contributed by atoms with Crippen LogP contribution in [-0.2, 0) is 6.54 Å². The summed E-state index contributed by atoms with van der Waals surface area (Å²) in [5.74, 6) is 4.25. The number of rotatable bonds is 3. The molecule has 1 heterocycles. The van der Waals surface area contributed by atoms with Gasteiger partial charge in [0, 0.05) is 6.54 Å². The third-order valence-electron chi connectivity index (χ3n) is 3.64. The maximum atomic E-state index is 5.62. The van der Waals surface area contributed by atoms with Crippen LogP contribution in [0.3, 0.4) is 0 Å². The second-order valence-electron chi connectivity index (χ2n) is 4.71. The first-order valence-corrected chi connectivity index (χ1v) is 7.33. The van der Waals surface area contributed by atoms with E-state index in [9.17, 15) is 0 Å². The fourth-order valence-electron chi connectivity index (χ4n) is 2.39. The van der Waals surface area contributed by atoms with Gasteiger partial charge < -0.3 is 5.73 Å². The standard InChI is InChI=1S/C14H21NS/c1-11(14-3-2-8-16-10-14)13-6-4-12(9-15)5-7-13/h4-7,11,14H,2-3,8-10,15H2,1H3. The van der Waals surface area contributed by atoms with E-state index in [2.05, 4.69) is 43.0 Å². The highest BCUT2D eigenvalue weighted by Gasteiger charge is 2.21. The molecule has 0 bridgehead atoms. The molecule has 88 valence electrons. The summed E-state index contributed by atoms with van der Waals surface area (Å²) >= 11 is 2.11. The van der Waals surface area contributed by atoms with Gasteiger partial charge in [-0.3, -0.25) is 0 Å². The van der Waals surface area contributed by atoms with Crippen LogP contribution < -0.4 is 5.73 Å². The smallest absolute Gasteiger partial charge is 0.0178 e. The maximum Gasteiger partial charge on any atom is 0.0178 e. The number of benzene rings is 1. The Balaban J connectivity index is 2.04. The maximum absolute atomic E-state index is 5.62. The average molecular weight is 235 g/mol. The van der Waals surface area contributed by atoms with Crippen LogP contribution >= 0.6 is 11.8 Å². The summed E-state index contributed by atoms with van der Waals surface area (Å²) in [6.45, 7) is 3.02. The molecule has 2 N–H and O–H groups in total. The molecule has 2 rings (SSSR count). The molecule has 16 heavy (non-hydrogen) atoms. The lowest BCUT2D eigenvalue weighted by Crippen LogP contribution is -2.17. The molecular weight excluding hydrogens is 214 g/mol. The van der Waals surface area contributed by atoms with Crippen LogP contribution in [0.2, 0.25) is 0 Å². The molecular formula is C14H21NS. The zero-order valence-corrected chi connectivity index (χ0v) is 10.8. The summed E-state index contributed by atoms with van der Waals surface area (Å²) in [6.07, 6.45) is 2.79. The van der Waals surface area contributed by atoms with Crippen molar-refractivity contribution in [2.75, 3.05) is 11.5 Å². The minimum absolute atomic E-state index is 0.647. The van der Waals surface area contributed by atoms with E-state index in [1.165, 1.54) is 35.5 Å². The Morgan fingerprint density at radius 2 is 2.12 bits per heavy atom. The largest absolute Gasteiger partial charge is 0.326 e. The normalized spacial score (nSPS) is 23.0. The van der Waals surface area contributed by atoms with Gasteiger partial charge in [-0.05, 0) is 47.3 Å². The first kappa shape index (κ1) is 12.0. The van der Waals surface area contributed by atoms with Crippen molar-refractivity contribution >= 4 is 11.8 Å². The van der Waals surface area contributed by atoms with Crippen molar-refractivity contribution in [3.8, 4) is 0 Å². The minimum atomic E-state index is 0.647. The van der Waals surface area contributed by atoms with Crippen LogP contribution in [0.5, 0.6) is 0 Å². The minimum Gasteiger partial charge on any atom is -0.326 e. The molecule has 2 unspecified atom stereocenters. The van der Waals surface area contributed by atoms with E-state index in [1.807, 2.05) is 0 Å². The van der Waals surface area contributed by atoms with Crippen LogP contribution in [-0.4, -0.2) is 11.5 Å². The van der Waals surface area contributed by atoms with Crippen molar-refractivity contribution in [1.82, 2.24) is 0 Å². The first-order chi connectivity index (χ1) is 7.81. The summed E-state index contributed by atoms with van der Waals surface area (Å²) in [4.78, 5) is 0. The number of thioether (sulfide) groups is 1. The highest BCUT2D eigenvalue weighted by Crippen LogP contribution is 2.34. The Bertz CT molecular complexity index is 314. The van der Waals surface area contributed by atoms with Gasteiger partial charge in [-0.25, -0.2) is 0 Å². The highest BCUT2D eigenvalue weighted by atomic mass is 32.2. The predicted molar refractivity (Wildman–Crippen MR) is 72.8 cm³/mol. The molecule has 0 radical (unpaired) electrons. The van der Waals surface area contributed by atoms with Crippen LogP contribution in [0.25, 0.3) is 0 Å². The summed E-state index contributed by atoms with van der Waals surface area (Å²) in [5, 5.41) is 0. The SMILES string of the molecule is CC(c1ccc(CN)cc1)C1CCCSC1. The number of nitrogens with two attached hydrogens (primary N) is 1. The number of hydrogen-bond donors (Lipinski definition) is 1. The van der Waals surface area contributed by atoms with Crippen LogP contribution in [0.4, 0.5) is 0 Å². The Morgan fingerprint density at radius 1 is 1.38 bits per heavy atom. The van der Waals surface area contributed by atoms with E-state index < -0.39 is 0 Å². The predicted octanol–water partition coefficient (Wildman–Crippen LogP) is 3.39. The van der Waals surface area contributed by atoms with Gasteiger partial charge in [-0.15, -0.1) is 0 Å². The molecule has 0 aromatic heterocycles. The van der Waals surface area contributed by atoms with E-state index >= 15 is 0 Å². The van der Waals surface area contributed by atoms with Gasteiger partial charge in [0.15, 0.2) is 0 Å². The Kier molecular flexibility index (Phi) is 4.30. The Labute approximate surface area is 103 Å². The zero-order chi connectivity index (χ0) is 11.4. The van der Waals surface area contributed by atoms with Crippen LogP contribution in [0.1, 0.15) is 36.8 Å². The van der Waals surface area contributed by atoms with E-state index in [0.29, 0.717) is 12.5 Å². The summed E-state index contributed by atoms with van der Waals surface area (Å²) in [6, 6.07) is 8.85. The van der Waals surface area contributed by atoms with Crippen molar-refractivity contribution in [2.24, 2.45) is 11.7 Å². The van der Waals surface area contributed by atoms with Gasteiger partial charge >= 0.3 is 0 Å². The summed E-state index contributed by atoms with van der Waals surface area (Å²) in [7, 11) is 0. The van der Waals surface area contributed by atoms with E-state index in [0.717, 1.165) is 5.92 Å². The molecule has 1 fully saturated rings. The third-order valence-corrected chi connectivity index (χ3v) is 4.89. The second-order valence-corrected chi connectivity index (χ2v) is 5.86. The van der Waals surface area contributed by atoms with E-state index in [-0.39, 0.29) is 0 Å². The van der Waals surface area contributed by atoms with Gasteiger partial charge in [0.2, 0.25) is 0 Å². The van der Waals surface area contributed by atoms with Crippen molar-refractivity contribution < 1.29 is 0 Å². The number of hydrogen-bond acceptors (Lipinski definition) is 2. The average Bonchev–Trinajstić information content (AvgIpc) is 2.39. The van der Waals surface area contributed by atoms with Crippen LogP contribution in [0, 0.1) is 5.92 Å². The van der Waals surface area contributed by atoms with E-state index in [4.69, 9.17) is 5.73 Å². The molecule has 0 spiro atoms. The molecule has 0 aliphatic carbocycles. The molecule has 0 saturated carbocycles. The van der Waals surface area contributed by atoms with Gasteiger partial charge in [0.1, 0.15) is 0 Å². The van der Waals surface area contributed by atoms with Crippen molar-refractivity contribution in [1.29, 1.82) is 0 Å². The molecule has 2 atom stereocenters. The van der Waals surface area contributed by atoms with E-state index in [1.54, 1.807) is 0 Å². The van der Waals surface area contributed by atoms with Gasteiger partial charge in [-0.2, -0.15) is 11.8 Å². The summed E-state index contributed by atoms with van der Waals surface area (Å²) < 4.78 is 0. The second kappa shape index (κ2) is 5.74. The Morgan fingerprint density at radius 3 is 2.69 bits per heavy atom. The highest BCUT2D eigenvalue weighted by molar-refractivity contribution is 7.99. The van der Waals surface area contributed by atoms with Gasteiger partial charge in [0.25, 0.3) is 0 Å². The molecule has 1 aromatic rings. The molecule has 0 amide bonds. The fraction of sp³-hybridized carbons (Fsp3) is 0.571. The quantitative estimate of drug-likeness (QED) is 0.869. The zero-order valence-electron chi connectivity index (χ0n) is 9.99. The van der Waals surface area contributed by atoms with Crippen molar-refractivity contribution in [3.05, 3.63) is 35.4 Å². The van der Waals surface area contributed by atoms with Gasteiger partial charge in [-0.1, -0.05) is 31.2 Å². The molecule has 1 saturated heterocycles. The molecule has 1 aliphatic heterocycles. The lowest BCUT2D eigenvalue weighted by Gasteiger charge is -2.27. The lowest BCUT2D eigenvalue weighted by molar-refractivity contribution is 0.448. The third kappa shape index (κ3) is 2.80. The summed E-state index contributed by atoms with van der Waals surface area (Å²) in [5.41, 5.74) is 8.32. The molecule has 1 nitrogen and oxygen atoms in total. The molecule has 1 aliphatic rings. The van der Waals surface area contributed by atoms with Crippen molar-refractivity contribution in [2.45, 2.75) is 32.2 Å². The van der Waals surface area contributed by atoms with Crippen molar-refractivity contribution in [3.63, 3.8) is 0 Å². The molecule has 1 aromatic carbocycles. The molecule has 2 heteroatoms. The monoisotopic (exact) mass is 235 g/mol.